The summed E-state index contributed by atoms with van der Waals surface area (Å²) in [6, 6.07) is 14.0. The maximum atomic E-state index is 13.4. The zero-order valence-corrected chi connectivity index (χ0v) is 17.6. The average molecular weight is 437 g/mol. The second-order valence-corrected chi connectivity index (χ2v) is 8.46. The van der Waals surface area contributed by atoms with E-state index in [1.165, 1.54) is 23.9 Å². The molecule has 1 N–H and O–H groups in total. The molecule has 0 unspecified atom stereocenters. The summed E-state index contributed by atoms with van der Waals surface area (Å²) in [5.74, 6) is 0.623. The maximum Gasteiger partial charge on any atom is 0.192 e. The Morgan fingerprint density at radius 1 is 1.19 bits per heavy atom. The smallest absolute Gasteiger partial charge is 0.192 e. The molecule has 1 aliphatic rings. The third-order valence-corrected chi connectivity index (χ3v) is 6.42. The number of H-pyrrole nitrogens is 1. The van der Waals surface area contributed by atoms with Crippen molar-refractivity contribution in [2.45, 2.75) is 30.6 Å². The quantitative estimate of drug-likeness (QED) is 0.335. The van der Waals surface area contributed by atoms with E-state index >= 15 is 0 Å². The van der Waals surface area contributed by atoms with Crippen LogP contribution in [0.3, 0.4) is 0 Å². The molecule has 2 aromatic carbocycles. The van der Waals surface area contributed by atoms with Gasteiger partial charge in [-0.15, -0.1) is 10.2 Å². The number of fused-ring (bicyclic) bond motifs is 1. The van der Waals surface area contributed by atoms with Crippen molar-refractivity contribution < 1.29 is 13.9 Å². The van der Waals surface area contributed by atoms with Gasteiger partial charge in [0.25, 0.3) is 0 Å². The van der Waals surface area contributed by atoms with E-state index in [1.54, 1.807) is 18.3 Å². The molecule has 0 spiro atoms. The number of para-hydroxylation sites is 1. The fourth-order valence-corrected chi connectivity index (χ4v) is 4.71. The highest BCUT2D eigenvalue weighted by molar-refractivity contribution is 7.99. The molecule has 158 valence electrons. The Bertz CT molecular complexity index is 1210. The summed E-state index contributed by atoms with van der Waals surface area (Å²) in [5.41, 5.74) is 2.39. The predicted molar refractivity (Wildman–Crippen MR) is 118 cm³/mol. The van der Waals surface area contributed by atoms with Crippen molar-refractivity contribution in [3.63, 3.8) is 0 Å². The molecule has 5 rings (SSSR count). The van der Waals surface area contributed by atoms with Crippen molar-refractivity contribution in [1.82, 2.24) is 19.7 Å². The van der Waals surface area contributed by atoms with Gasteiger partial charge in [0.15, 0.2) is 16.8 Å². The fourth-order valence-electron chi connectivity index (χ4n) is 3.87. The van der Waals surface area contributed by atoms with E-state index in [4.69, 9.17) is 4.74 Å². The minimum absolute atomic E-state index is 0.0254. The average Bonchev–Trinajstić information content (AvgIpc) is 3.53. The normalized spacial score (nSPS) is 16.2. The van der Waals surface area contributed by atoms with Crippen LogP contribution in [0.15, 0.2) is 59.9 Å². The van der Waals surface area contributed by atoms with Crippen LogP contribution in [-0.4, -0.2) is 44.0 Å². The molecule has 1 aliphatic heterocycles. The Balaban J connectivity index is 1.40. The van der Waals surface area contributed by atoms with Crippen molar-refractivity contribution in [2.24, 2.45) is 0 Å². The van der Waals surface area contributed by atoms with Gasteiger partial charge >= 0.3 is 0 Å². The molecule has 8 heteroatoms. The number of hydrogen-bond donors (Lipinski definition) is 1. The molecule has 0 saturated carbocycles. The number of nitrogens with zero attached hydrogens (tertiary/aromatic N) is 3. The molecule has 2 aromatic heterocycles. The Labute approximate surface area is 182 Å². The number of ether oxygens (including phenoxy) is 1. The van der Waals surface area contributed by atoms with E-state index in [9.17, 15) is 9.18 Å². The van der Waals surface area contributed by atoms with Crippen LogP contribution in [0.4, 0.5) is 4.39 Å². The van der Waals surface area contributed by atoms with Gasteiger partial charge in [-0.2, -0.15) is 0 Å². The number of benzene rings is 2. The third kappa shape index (κ3) is 4.13. The number of aromatic amines is 1. The topological polar surface area (TPSA) is 72.8 Å². The number of carbonyl (C=O) groups is 1. The minimum Gasteiger partial charge on any atom is -0.376 e. The van der Waals surface area contributed by atoms with Gasteiger partial charge in [0.1, 0.15) is 5.82 Å². The van der Waals surface area contributed by atoms with Gasteiger partial charge in [0, 0.05) is 34.8 Å². The summed E-state index contributed by atoms with van der Waals surface area (Å²) < 4.78 is 21.2. The largest absolute Gasteiger partial charge is 0.376 e. The lowest BCUT2D eigenvalue weighted by atomic mass is 10.1. The number of rotatable bonds is 7. The first-order valence-corrected chi connectivity index (χ1v) is 11.2. The molecule has 3 heterocycles. The van der Waals surface area contributed by atoms with E-state index in [-0.39, 0.29) is 23.5 Å². The van der Waals surface area contributed by atoms with Gasteiger partial charge in [0.2, 0.25) is 0 Å². The Hall–Kier alpha value is -2.97. The Morgan fingerprint density at radius 3 is 2.84 bits per heavy atom. The molecule has 0 bridgehead atoms. The van der Waals surface area contributed by atoms with Crippen LogP contribution >= 0.6 is 11.8 Å². The zero-order chi connectivity index (χ0) is 21.2. The van der Waals surface area contributed by atoms with Crippen LogP contribution in [-0.2, 0) is 11.3 Å². The number of carbonyl (C=O) groups excluding carboxylic acids is 1. The van der Waals surface area contributed by atoms with Gasteiger partial charge in [-0.05, 0) is 43.2 Å². The maximum absolute atomic E-state index is 13.4. The van der Waals surface area contributed by atoms with E-state index in [1.807, 2.05) is 28.8 Å². The number of ketones is 1. The predicted octanol–water partition coefficient (Wildman–Crippen LogP) is 4.72. The second-order valence-electron chi connectivity index (χ2n) is 7.52. The standard InChI is InChI=1S/C23H21FN4O2S/c24-16-9-7-15(8-10-16)22-26-27-23(28(22)13-17-4-3-11-30-17)31-14-21(29)19-12-25-20-6-2-1-5-18(19)20/h1-2,5-10,12,17,25H,3-4,11,13-14H2/t17-/m0/s1. The van der Waals surface area contributed by atoms with Crippen molar-refractivity contribution in [3.05, 3.63) is 66.1 Å². The molecule has 0 aliphatic carbocycles. The van der Waals surface area contributed by atoms with Gasteiger partial charge < -0.3 is 9.72 Å². The van der Waals surface area contributed by atoms with E-state index < -0.39 is 0 Å². The number of aromatic nitrogens is 4. The number of nitrogens with one attached hydrogen (secondary N) is 1. The molecular weight excluding hydrogens is 415 g/mol. The number of Topliss-reactive ketones (excluding diaryl/α,β-unsaturated/α-hetero) is 1. The van der Waals surface area contributed by atoms with Crippen molar-refractivity contribution in [1.29, 1.82) is 0 Å². The summed E-state index contributed by atoms with van der Waals surface area (Å²) in [6.45, 7) is 1.35. The van der Waals surface area contributed by atoms with E-state index in [0.29, 0.717) is 23.1 Å². The zero-order valence-electron chi connectivity index (χ0n) is 16.8. The highest BCUT2D eigenvalue weighted by Crippen LogP contribution is 2.28. The van der Waals surface area contributed by atoms with Gasteiger partial charge in [-0.1, -0.05) is 30.0 Å². The Morgan fingerprint density at radius 2 is 2.03 bits per heavy atom. The third-order valence-electron chi connectivity index (χ3n) is 5.45. The summed E-state index contributed by atoms with van der Waals surface area (Å²) in [5, 5.41) is 10.3. The monoisotopic (exact) mass is 436 g/mol. The van der Waals surface area contributed by atoms with Gasteiger partial charge in [0.05, 0.1) is 18.4 Å². The summed E-state index contributed by atoms with van der Waals surface area (Å²) >= 11 is 1.36. The minimum atomic E-state index is -0.298. The molecule has 1 fully saturated rings. The van der Waals surface area contributed by atoms with Crippen molar-refractivity contribution >= 4 is 28.4 Å². The SMILES string of the molecule is O=C(CSc1nnc(-c2ccc(F)cc2)n1C[C@@H]1CCCO1)c1c[nH]c2ccccc12. The first-order valence-electron chi connectivity index (χ1n) is 10.2. The van der Waals surface area contributed by atoms with Crippen LogP contribution in [0.1, 0.15) is 23.2 Å². The molecule has 4 aromatic rings. The van der Waals surface area contributed by atoms with E-state index in [2.05, 4.69) is 15.2 Å². The summed E-state index contributed by atoms with van der Waals surface area (Å²) in [4.78, 5) is 16.0. The van der Waals surface area contributed by atoms with Crippen LogP contribution in [0.25, 0.3) is 22.3 Å². The van der Waals surface area contributed by atoms with Crippen LogP contribution < -0.4 is 0 Å². The first kappa shape index (κ1) is 20.0. The molecule has 0 radical (unpaired) electrons. The molecular formula is C23H21FN4O2S. The van der Waals surface area contributed by atoms with Crippen molar-refractivity contribution in [3.8, 4) is 11.4 Å². The molecule has 1 saturated heterocycles. The van der Waals surface area contributed by atoms with Gasteiger partial charge in [-0.3, -0.25) is 9.36 Å². The molecule has 0 amide bonds. The molecule has 1 atom stereocenters. The number of halogens is 1. The van der Waals surface area contributed by atoms with Gasteiger partial charge in [-0.25, -0.2) is 4.39 Å². The second kappa shape index (κ2) is 8.64. The number of thioether (sulfide) groups is 1. The van der Waals surface area contributed by atoms with Crippen molar-refractivity contribution in [2.75, 3.05) is 12.4 Å². The highest BCUT2D eigenvalue weighted by Gasteiger charge is 2.23. The first-order chi connectivity index (χ1) is 15.2. The van der Waals surface area contributed by atoms with E-state index in [0.717, 1.165) is 35.9 Å². The molecule has 6 nitrogen and oxygen atoms in total. The highest BCUT2D eigenvalue weighted by atomic mass is 32.2. The fraction of sp³-hybridized carbons (Fsp3) is 0.261. The number of hydrogen-bond acceptors (Lipinski definition) is 5. The lowest BCUT2D eigenvalue weighted by Crippen LogP contribution is -2.17. The Kier molecular flexibility index (Phi) is 5.57. The summed E-state index contributed by atoms with van der Waals surface area (Å²) in [7, 11) is 0. The lowest BCUT2D eigenvalue weighted by Gasteiger charge is -2.14. The van der Waals surface area contributed by atoms with Crippen LogP contribution in [0.5, 0.6) is 0 Å². The van der Waals surface area contributed by atoms with Crippen LogP contribution in [0.2, 0.25) is 0 Å². The summed E-state index contributed by atoms with van der Waals surface area (Å²) in [6.07, 6.45) is 3.84. The van der Waals surface area contributed by atoms with Crippen LogP contribution in [0, 0.1) is 5.82 Å². The lowest BCUT2D eigenvalue weighted by molar-refractivity contribution is 0.0953. The molecule has 31 heavy (non-hydrogen) atoms.